The van der Waals surface area contributed by atoms with Crippen molar-refractivity contribution in [1.29, 1.82) is 0 Å². The van der Waals surface area contributed by atoms with E-state index in [4.69, 9.17) is 26.6 Å². The molecule has 0 aliphatic rings. The first-order valence-electron chi connectivity index (χ1n) is 13.9. The second-order valence-electron chi connectivity index (χ2n) is 10.8. The smallest absolute Gasteiger partial charge is 0.423 e. The Hall–Kier alpha value is -4.03. The van der Waals surface area contributed by atoms with Gasteiger partial charge in [-0.3, -0.25) is 0 Å². The molecular weight excluding hydrogens is 539 g/mol. The van der Waals surface area contributed by atoms with Gasteiger partial charge < -0.3 is 10.0 Å². The van der Waals surface area contributed by atoms with Gasteiger partial charge in [0.05, 0.1) is 16.7 Å². The predicted molar refractivity (Wildman–Crippen MR) is 179 cm³/mol. The van der Waals surface area contributed by atoms with E-state index in [1.807, 2.05) is 32.0 Å². The molecule has 0 spiro atoms. The molecule has 0 fully saturated rings. The highest BCUT2D eigenvalue weighted by Gasteiger charge is 2.09. The maximum Gasteiger partial charge on any atom is 0.488 e. The summed E-state index contributed by atoms with van der Waals surface area (Å²) >= 11 is 5.87. The van der Waals surface area contributed by atoms with Crippen LogP contribution in [0.25, 0.3) is 33.1 Å². The lowest BCUT2D eigenvalue weighted by atomic mass is 9.80. The summed E-state index contributed by atoms with van der Waals surface area (Å²) in [5, 5.41) is 20.4. The maximum atomic E-state index is 8.70. The van der Waals surface area contributed by atoms with Crippen LogP contribution in [0, 0.1) is 41.5 Å². The molecule has 0 unspecified atom stereocenters. The number of hydrogen-bond donors (Lipinski definition) is 2. The van der Waals surface area contributed by atoms with Crippen molar-refractivity contribution in [2.24, 2.45) is 0 Å². The van der Waals surface area contributed by atoms with Gasteiger partial charge in [0.2, 0.25) is 0 Å². The topological polar surface area (TPSA) is 66.2 Å². The summed E-state index contributed by atoms with van der Waals surface area (Å²) in [6.07, 6.45) is 0. The standard InChI is InChI=1S/C18H17N.C11H10ClN.C7H9BO2/c1-12-5-4-6-15(9-12)17-11-14(3)16-8-7-13(2)10-18(16)19-17;1-7-3-4-9-8(2)6-11(12)13-10(9)5-7;1-6-3-2-4-7(5-6)8(9)10/h4-11H,1-3H3;3-6H,1-2H3;2-5,9-10H,1H3. The summed E-state index contributed by atoms with van der Waals surface area (Å²) in [5.41, 5.74) is 12.1. The molecule has 212 valence electrons. The highest BCUT2D eigenvalue weighted by atomic mass is 35.5. The van der Waals surface area contributed by atoms with Crippen LogP contribution in [0.1, 0.15) is 33.4 Å². The Bertz CT molecular complexity index is 1850. The molecule has 4 aromatic carbocycles. The van der Waals surface area contributed by atoms with E-state index in [0.717, 1.165) is 22.3 Å². The van der Waals surface area contributed by atoms with Gasteiger partial charge in [-0.05, 0) is 99.6 Å². The van der Waals surface area contributed by atoms with Crippen molar-refractivity contribution in [3.8, 4) is 11.3 Å². The lowest BCUT2D eigenvalue weighted by Gasteiger charge is -2.08. The zero-order valence-corrected chi connectivity index (χ0v) is 25.7. The van der Waals surface area contributed by atoms with Gasteiger partial charge in [0.15, 0.2) is 0 Å². The van der Waals surface area contributed by atoms with Crippen molar-refractivity contribution in [2.75, 3.05) is 0 Å². The summed E-state index contributed by atoms with van der Waals surface area (Å²) in [6, 6.07) is 32.4. The number of fused-ring (bicyclic) bond motifs is 2. The Morgan fingerprint density at radius 3 is 1.62 bits per heavy atom. The molecule has 2 N–H and O–H groups in total. The Morgan fingerprint density at radius 1 is 0.548 bits per heavy atom. The summed E-state index contributed by atoms with van der Waals surface area (Å²) < 4.78 is 0. The third kappa shape index (κ3) is 8.04. The highest BCUT2D eigenvalue weighted by Crippen LogP contribution is 2.25. The molecule has 2 heterocycles. The Balaban J connectivity index is 0.000000154. The third-order valence-corrected chi connectivity index (χ3v) is 7.16. The van der Waals surface area contributed by atoms with Gasteiger partial charge >= 0.3 is 7.12 Å². The minimum absolute atomic E-state index is 0.542. The lowest BCUT2D eigenvalue weighted by molar-refractivity contribution is 0.425. The summed E-state index contributed by atoms with van der Waals surface area (Å²) in [6.45, 7) is 12.4. The lowest BCUT2D eigenvalue weighted by Crippen LogP contribution is -2.29. The van der Waals surface area contributed by atoms with Gasteiger partial charge in [-0.15, -0.1) is 0 Å². The molecule has 42 heavy (non-hydrogen) atoms. The zero-order chi connectivity index (χ0) is 30.4. The molecule has 6 aromatic rings. The van der Waals surface area contributed by atoms with Crippen LogP contribution in [-0.2, 0) is 0 Å². The number of halogens is 1. The van der Waals surface area contributed by atoms with E-state index in [1.165, 1.54) is 44.2 Å². The number of rotatable bonds is 2. The van der Waals surface area contributed by atoms with Gasteiger partial charge in [0.25, 0.3) is 0 Å². The number of hydrogen-bond acceptors (Lipinski definition) is 4. The molecule has 0 saturated heterocycles. The summed E-state index contributed by atoms with van der Waals surface area (Å²) in [7, 11) is -1.35. The predicted octanol–water partition coefficient (Wildman–Crippen LogP) is 8.01. The fourth-order valence-corrected chi connectivity index (χ4v) is 5.02. The normalized spacial score (nSPS) is 10.5. The van der Waals surface area contributed by atoms with Crippen LogP contribution in [0.15, 0.2) is 97.1 Å². The Morgan fingerprint density at radius 2 is 1.07 bits per heavy atom. The molecule has 2 aromatic heterocycles. The van der Waals surface area contributed by atoms with Crippen LogP contribution in [0.5, 0.6) is 0 Å². The average molecular weight is 575 g/mol. The second kappa shape index (κ2) is 13.8. The minimum Gasteiger partial charge on any atom is -0.423 e. The largest absolute Gasteiger partial charge is 0.488 e. The Kier molecular flexibility index (Phi) is 10.1. The van der Waals surface area contributed by atoms with Gasteiger partial charge in [-0.1, -0.05) is 89.5 Å². The van der Waals surface area contributed by atoms with Crippen LogP contribution in [0.3, 0.4) is 0 Å². The maximum absolute atomic E-state index is 8.70. The quantitative estimate of drug-likeness (QED) is 0.162. The molecule has 0 atom stereocenters. The molecule has 0 radical (unpaired) electrons. The molecular formula is C36H36BClN2O2. The number of benzene rings is 4. The van der Waals surface area contributed by atoms with Crippen LogP contribution in [0.2, 0.25) is 5.15 Å². The van der Waals surface area contributed by atoms with Gasteiger partial charge in [-0.25, -0.2) is 9.97 Å². The first-order chi connectivity index (χ1) is 20.0. The van der Waals surface area contributed by atoms with Crippen LogP contribution in [0.4, 0.5) is 0 Å². The zero-order valence-electron chi connectivity index (χ0n) is 25.0. The van der Waals surface area contributed by atoms with Crippen LogP contribution >= 0.6 is 11.6 Å². The second-order valence-corrected chi connectivity index (χ2v) is 11.2. The van der Waals surface area contributed by atoms with E-state index in [-0.39, 0.29) is 0 Å². The van der Waals surface area contributed by atoms with Gasteiger partial charge in [-0.2, -0.15) is 0 Å². The Labute approximate surface area is 253 Å². The molecule has 0 amide bonds. The van der Waals surface area contributed by atoms with Crippen molar-refractivity contribution in [1.82, 2.24) is 9.97 Å². The summed E-state index contributed by atoms with van der Waals surface area (Å²) in [5.74, 6) is 0. The van der Waals surface area contributed by atoms with Crippen molar-refractivity contribution in [3.63, 3.8) is 0 Å². The van der Waals surface area contributed by atoms with Crippen molar-refractivity contribution < 1.29 is 10.0 Å². The van der Waals surface area contributed by atoms with Gasteiger partial charge in [0.1, 0.15) is 5.15 Å². The molecule has 4 nitrogen and oxygen atoms in total. The van der Waals surface area contributed by atoms with E-state index in [1.54, 1.807) is 18.2 Å². The molecule has 0 saturated carbocycles. The van der Waals surface area contributed by atoms with E-state index < -0.39 is 7.12 Å². The van der Waals surface area contributed by atoms with E-state index in [0.29, 0.717) is 10.6 Å². The monoisotopic (exact) mass is 574 g/mol. The number of aromatic nitrogens is 2. The fourth-order valence-electron chi connectivity index (χ4n) is 4.77. The van der Waals surface area contributed by atoms with E-state index in [9.17, 15) is 0 Å². The summed E-state index contributed by atoms with van der Waals surface area (Å²) in [4.78, 5) is 9.07. The van der Waals surface area contributed by atoms with Crippen LogP contribution < -0.4 is 5.46 Å². The van der Waals surface area contributed by atoms with E-state index >= 15 is 0 Å². The molecule has 0 bridgehead atoms. The molecule has 6 heteroatoms. The van der Waals surface area contributed by atoms with Crippen molar-refractivity contribution >= 4 is 46.0 Å². The fraction of sp³-hybridized carbons (Fsp3) is 0.167. The first kappa shape index (κ1) is 30.9. The highest BCUT2D eigenvalue weighted by molar-refractivity contribution is 6.58. The molecule has 0 aliphatic heterocycles. The molecule has 0 aliphatic carbocycles. The van der Waals surface area contributed by atoms with Crippen molar-refractivity contribution in [3.05, 3.63) is 136 Å². The average Bonchev–Trinajstić information content (AvgIpc) is 2.93. The number of aryl methyl sites for hydroxylation is 6. The van der Waals surface area contributed by atoms with E-state index in [2.05, 4.69) is 93.3 Å². The number of pyridine rings is 2. The SMILES string of the molecule is Cc1ccc2c(C)cc(Cl)nc2c1.Cc1cccc(-c2cc(C)c3ccc(C)cc3n2)c1.Cc1cccc(B(O)O)c1. The third-order valence-electron chi connectivity index (χ3n) is 6.97. The first-order valence-corrected chi connectivity index (χ1v) is 14.3. The molecule has 6 rings (SSSR count). The number of nitrogens with zero attached hydrogens (tertiary/aromatic N) is 2. The minimum atomic E-state index is -1.35. The van der Waals surface area contributed by atoms with Crippen LogP contribution in [-0.4, -0.2) is 27.1 Å². The van der Waals surface area contributed by atoms with Crippen molar-refractivity contribution in [2.45, 2.75) is 41.5 Å². The van der Waals surface area contributed by atoms with Gasteiger partial charge in [0, 0.05) is 16.3 Å².